The molecule has 0 bridgehead atoms. The van der Waals surface area contributed by atoms with E-state index in [0.717, 1.165) is 0 Å². The Morgan fingerprint density at radius 2 is 1.50 bits per heavy atom. The fourth-order valence-corrected chi connectivity index (χ4v) is 3.08. The first-order valence-corrected chi connectivity index (χ1v) is 7.65. The largest absolute Gasteiger partial charge is 0.733 e. The quantitative estimate of drug-likeness (QED) is 0.508. The maximum Gasteiger partial charge on any atom is 0.206 e. The Morgan fingerprint density at radius 3 is 1.91 bits per heavy atom. The van der Waals surface area contributed by atoms with Crippen molar-refractivity contribution in [2.75, 3.05) is 5.23 Å². The third kappa shape index (κ3) is 3.08. The van der Waals surface area contributed by atoms with Crippen LogP contribution in [0, 0.1) is 5.21 Å². The number of benzene rings is 2. The van der Waals surface area contributed by atoms with E-state index in [-0.39, 0.29) is 20.7 Å². The van der Waals surface area contributed by atoms with Crippen LogP contribution in [0.5, 0.6) is 0 Å². The fraction of sp³-hybridized carbons (Fsp3) is 0.0714. The third-order valence-electron chi connectivity index (χ3n) is 3.10. The molecule has 2 rings (SSSR count). The SMILES string of the molecule is C/C(=N\O)c1ccc(S(=O)(=O)c2ccc(N([O-])O)cc2)cc1. The van der Waals surface area contributed by atoms with Crippen LogP contribution in [0.15, 0.2) is 63.5 Å². The summed E-state index contributed by atoms with van der Waals surface area (Å²) in [6, 6.07) is 10.7. The van der Waals surface area contributed by atoms with Crippen LogP contribution >= 0.6 is 0 Å². The second kappa shape index (κ2) is 6.14. The van der Waals surface area contributed by atoms with Gasteiger partial charge in [0.05, 0.1) is 21.2 Å². The van der Waals surface area contributed by atoms with E-state index >= 15 is 0 Å². The Labute approximate surface area is 127 Å². The van der Waals surface area contributed by atoms with Gasteiger partial charge in [-0.2, -0.15) is 0 Å². The van der Waals surface area contributed by atoms with Gasteiger partial charge in [-0.1, -0.05) is 17.3 Å². The van der Waals surface area contributed by atoms with Crippen molar-refractivity contribution in [3.63, 3.8) is 0 Å². The molecule has 0 saturated heterocycles. The van der Waals surface area contributed by atoms with E-state index in [4.69, 9.17) is 10.4 Å². The zero-order valence-electron chi connectivity index (χ0n) is 11.5. The molecule has 2 N–H and O–H groups in total. The number of nitrogens with zero attached hydrogens (tertiary/aromatic N) is 2. The number of oxime groups is 1. The molecule has 0 atom stereocenters. The molecule has 8 heteroatoms. The van der Waals surface area contributed by atoms with Gasteiger partial charge < -0.3 is 15.6 Å². The fourth-order valence-electron chi connectivity index (χ4n) is 1.82. The molecule has 0 fully saturated rings. The van der Waals surface area contributed by atoms with Crippen LogP contribution in [0.25, 0.3) is 0 Å². The lowest BCUT2D eigenvalue weighted by atomic mass is 10.1. The van der Waals surface area contributed by atoms with Crippen molar-refractivity contribution < 1.29 is 18.8 Å². The lowest BCUT2D eigenvalue weighted by Crippen LogP contribution is -2.08. The average Bonchev–Trinajstić information content (AvgIpc) is 2.54. The van der Waals surface area contributed by atoms with Gasteiger partial charge in [0, 0.05) is 0 Å². The highest BCUT2D eigenvalue weighted by Gasteiger charge is 2.17. The first-order valence-electron chi connectivity index (χ1n) is 6.16. The molecule has 0 saturated carbocycles. The maximum atomic E-state index is 12.4. The van der Waals surface area contributed by atoms with E-state index in [1.807, 2.05) is 0 Å². The average molecular weight is 321 g/mol. The number of sulfone groups is 1. The zero-order valence-corrected chi connectivity index (χ0v) is 12.4. The number of hydrogen-bond acceptors (Lipinski definition) is 7. The molecule has 2 aromatic rings. The highest BCUT2D eigenvalue weighted by atomic mass is 32.2. The van der Waals surface area contributed by atoms with Crippen molar-refractivity contribution in [1.29, 1.82) is 0 Å². The highest BCUT2D eigenvalue weighted by Crippen LogP contribution is 2.23. The molecule has 2 aromatic carbocycles. The highest BCUT2D eigenvalue weighted by molar-refractivity contribution is 7.91. The summed E-state index contributed by atoms with van der Waals surface area (Å²) in [5.41, 5.74) is 0.898. The summed E-state index contributed by atoms with van der Waals surface area (Å²) in [5.74, 6) is 0. The van der Waals surface area contributed by atoms with Crippen molar-refractivity contribution in [1.82, 2.24) is 0 Å². The molecule has 116 valence electrons. The van der Waals surface area contributed by atoms with Gasteiger partial charge in [0.1, 0.15) is 0 Å². The lowest BCUT2D eigenvalue weighted by molar-refractivity contribution is 0.296. The predicted molar refractivity (Wildman–Crippen MR) is 80.0 cm³/mol. The van der Waals surface area contributed by atoms with Crippen LogP contribution in [-0.2, 0) is 9.84 Å². The molecule has 7 nitrogen and oxygen atoms in total. The van der Waals surface area contributed by atoms with Crippen LogP contribution in [0.4, 0.5) is 5.69 Å². The standard InChI is InChI=1S/C14H13N2O5S/c1-10(15-17)11-2-6-13(7-3-11)22(20,21)14-8-4-12(5-9-14)16(18)19/h2-9,17-18H,1H3/q-1/b15-10+. The van der Waals surface area contributed by atoms with Gasteiger partial charge in [0.25, 0.3) is 0 Å². The lowest BCUT2D eigenvalue weighted by Gasteiger charge is -2.21. The normalized spacial score (nSPS) is 12.2. The first-order chi connectivity index (χ1) is 10.4. The first kappa shape index (κ1) is 16.0. The number of anilines is 1. The summed E-state index contributed by atoms with van der Waals surface area (Å²) < 4.78 is 24.9. The Hall–Kier alpha value is -2.42. The van der Waals surface area contributed by atoms with Gasteiger partial charge in [0.15, 0.2) is 0 Å². The van der Waals surface area contributed by atoms with Gasteiger partial charge in [-0.3, -0.25) is 5.21 Å². The second-order valence-corrected chi connectivity index (χ2v) is 6.43. The summed E-state index contributed by atoms with van der Waals surface area (Å²) in [4.78, 5) is 0.0658. The van der Waals surface area contributed by atoms with E-state index in [1.165, 1.54) is 48.5 Å². The molecular formula is C14H13N2O5S-. The number of hydrogen-bond donors (Lipinski definition) is 2. The minimum absolute atomic E-state index is 0.00148. The van der Waals surface area contributed by atoms with Gasteiger partial charge in [-0.05, 0) is 48.9 Å². The summed E-state index contributed by atoms with van der Waals surface area (Å²) in [6.45, 7) is 1.59. The van der Waals surface area contributed by atoms with Crippen molar-refractivity contribution in [3.05, 3.63) is 59.3 Å². The molecule has 0 aliphatic rings. The molecule has 0 aliphatic carbocycles. The van der Waals surface area contributed by atoms with E-state index < -0.39 is 9.84 Å². The maximum absolute atomic E-state index is 12.4. The predicted octanol–water partition coefficient (Wildman–Crippen LogP) is 2.41. The molecule has 0 radical (unpaired) electrons. The van der Waals surface area contributed by atoms with Gasteiger partial charge in [-0.15, -0.1) is 0 Å². The summed E-state index contributed by atoms with van der Waals surface area (Å²) in [5, 5.41) is 30.8. The number of rotatable bonds is 4. The minimum atomic E-state index is -3.74. The third-order valence-corrected chi connectivity index (χ3v) is 4.89. The molecule has 0 spiro atoms. The Morgan fingerprint density at radius 1 is 1.05 bits per heavy atom. The van der Waals surface area contributed by atoms with Crippen molar-refractivity contribution in [2.45, 2.75) is 16.7 Å². The van der Waals surface area contributed by atoms with E-state index in [9.17, 15) is 13.6 Å². The molecule has 0 aliphatic heterocycles. The molecule has 22 heavy (non-hydrogen) atoms. The molecular weight excluding hydrogens is 308 g/mol. The summed E-state index contributed by atoms with van der Waals surface area (Å²) >= 11 is 0. The molecule has 0 aromatic heterocycles. The van der Waals surface area contributed by atoms with Crippen molar-refractivity contribution >= 4 is 21.2 Å². The zero-order chi connectivity index (χ0) is 16.3. The second-order valence-electron chi connectivity index (χ2n) is 4.48. The van der Waals surface area contributed by atoms with Crippen LogP contribution in [0.1, 0.15) is 12.5 Å². The van der Waals surface area contributed by atoms with Gasteiger partial charge in [-0.25, -0.2) is 8.42 Å². The molecule has 0 unspecified atom stereocenters. The van der Waals surface area contributed by atoms with Crippen molar-refractivity contribution in [2.24, 2.45) is 5.16 Å². The monoisotopic (exact) mass is 321 g/mol. The topological polar surface area (TPSA) is 113 Å². The summed E-state index contributed by atoms with van der Waals surface area (Å²) in [6.07, 6.45) is 0. The van der Waals surface area contributed by atoms with E-state index in [0.29, 0.717) is 11.3 Å². The summed E-state index contributed by atoms with van der Waals surface area (Å²) in [7, 11) is -3.74. The van der Waals surface area contributed by atoms with E-state index in [2.05, 4.69) is 5.16 Å². The van der Waals surface area contributed by atoms with E-state index in [1.54, 1.807) is 6.92 Å². The molecule has 0 heterocycles. The van der Waals surface area contributed by atoms with Gasteiger partial charge in [0.2, 0.25) is 9.84 Å². The van der Waals surface area contributed by atoms with Crippen LogP contribution in [0.2, 0.25) is 0 Å². The van der Waals surface area contributed by atoms with Crippen LogP contribution in [-0.4, -0.2) is 24.5 Å². The molecule has 0 amide bonds. The van der Waals surface area contributed by atoms with Crippen LogP contribution in [0.3, 0.4) is 0 Å². The Balaban J connectivity index is 2.37. The van der Waals surface area contributed by atoms with Gasteiger partial charge >= 0.3 is 0 Å². The van der Waals surface area contributed by atoms with Crippen molar-refractivity contribution in [3.8, 4) is 0 Å². The smallest absolute Gasteiger partial charge is 0.206 e. The Bertz CT molecular complexity index is 781. The van der Waals surface area contributed by atoms with Crippen LogP contribution < -0.4 is 5.23 Å². The minimum Gasteiger partial charge on any atom is -0.733 e. The Kier molecular flexibility index (Phi) is 4.45.